The molecule has 0 spiro atoms. The first kappa shape index (κ1) is 13.0. The van der Waals surface area contributed by atoms with Crippen molar-refractivity contribution in [3.05, 3.63) is 58.3 Å². The van der Waals surface area contributed by atoms with Crippen molar-refractivity contribution < 1.29 is 9.18 Å². The molecule has 1 heterocycles. The number of thiazole rings is 1. The lowest BCUT2D eigenvalue weighted by atomic mass is 10.2. The normalized spacial score (nSPS) is 10.7. The predicted molar refractivity (Wildman–Crippen MR) is 79.0 cm³/mol. The van der Waals surface area contributed by atoms with Crippen molar-refractivity contribution in [2.45, 2.75) is 0 Å². The van der Waals surface area contributed by atoms with E-state index in [-0.39, 0.29) is 16.6 Å². The molecule has 3 aromatic rings. The summed E-state index contributed by atoms with van der Waals surface area (Å²) in [5.41, 5.74) is 3.11. The third-order valence-corrected chi connectivity index (χ3v) is 3.80. The van der Waals surface area contributed by atoms with Crippen LogP contribution in [-0.4, -0.2) is 10.9 Å². The van der Waals surface area contributed by atoms with Crippen LogP contribution in [0.4, 0.5) is 10.1 Å². The second kappa shape index (κ2) is 5.19. The summed E-state index contributed by atoms with van der Waals surface area (Å²) in [6.07, 6.45) is 0. The Balaban J connectivity index is 1.88. The number of anilines is 1. The van der Waals surface area contributed by atoms with E-state index < -0.39 is 5.82 Å². The van der Waals surface area contributed by atoms with Gasteiger partial charge in [-0.2, -0.15) is 0 Å². The summed E-state index contributed by atoms with van der Waals surface area (Å²) in [6.45, 7) is 0. The summed E-state index contributed by atoms with van der Waals surface area (Å²) in [5.74, 6) is -0.939. The van der Waals surface area contributed by atoms with E-state index in [9.17, 15) is 9.18 Å². The van der Waals surface area contributed by atoms with Crippen LogP contribution < -0.4 is 5.32 Å². The van der Waals surface area contributed by atoms with Crippen LogP contribution in [0.25, 0.3) is 10.2 Å². The molecule has 0 unspecified atom stereocenters. The Morgan fingerprint density at radius 2 is 2.10 bits per heavy atom. The zero-order valence-corrected chi connectivity index (χ0v) is 11.6. The quantitative estimate of drug-likeness (QED) is 0.765. The Morgan fingerprint density at radius 1 is 1.25 bits per heavy atom. The third kappa shape index (κ3) is 2.50. The molecule has 6 heteroatoms. The van der Waals surface area contributed by atoms with Crippen LogP contribution in [0.2, 0.25) is 5.02 Å². The number of nitrogens with zero attached hydrogens (tertiary/aromatic N) is 1. The van der Waals surface area contributed by atoms with Gasteiger partial charge in [0.1, 0.15) is 5.82 Å². The van der Waals surface area contributed by atoms with E-state index in [0.717, 1.165) is 16.3 Å². The van der Waals surface area contributed by atoms with Gasteiger partial charge in [0.05, 0.1) is 21.4 Å². The van der Waals surface area contributed by atoms with E-state index in [4.69, 9.17) is 11.6 Å². The molecule has 0 radical (unpaired) electrons. The van der Waals surface area contributed by atoms with Crippen molar-refractivity contribution in [3.63, 3.8) is 0 Å². The summed E-state index contributed by atoms with van der Waals surface area (Å²) in [7, 11) is 0. The van der Waals surface area contributed by atoms with Crippen LogP contribution in [0.3, 0.4) is 0 Å². The molecule has 3 nitrogen and oxygen atoms in total. The maximum Gasteiger partial charge on any atom is 0.255 e. The van der Waals surface area contributed by atoms with Crippen molar-refractivity contribution in [1.29, 1.82) is 0 Å². The van der Waals surface area contributed by atoms with Crippen LogP contribution >= 0.6 is 22.9 Å². The molecule has 1 N–H and O–H groups in total. The highest BCUT2D eigenvalue weighted by Crippen LogP contribution is 2.22. The van der Waals surface area contributed by atoms with Gasteiger partial charge in [0.15, 0.2) is 0 Å². The minimum Gasteiger partial charge on any atom is -0.319 e. The molecule has 20 heavy (non-hydrogen) atoms. The van der Waals surface area contributed by atoms with Gasteiger partial charge >= 0.3 is 0 Å². The molecule has 1 amide bonds. The Hall–Kier alpha value is -1.98. The highest BCUT2D eigenvalue weighted by atomic mass is 35.5. The molecule has 0 fully saturated rings. The topological polar surface area (TPSA) is 42.0 Å². The minimum atomic E-state index is -0.565. The van der Waals surface area contributed by atoms with E-state index >= 15 is 0 Å². The lowest BCUT2D eigenvalue weighted by Gasteiger charge is -2.06. The van der Waals surface area contributed by atoms with E-state index in [1.807, 2.05) is 0 Å². The highest BCUT2D eigenvalue weighted by molar-refractivity contribution is 7.16. The van der Waals surface area contributed by atoms with Gasteiger partial charge in [-0.05, 0) is 36.4 Å². The largest absolute Gasteiger partial charge is 0.319 e. The molecule has 0 saturated carbocycles. The number of amides is 1. The van der Waals surface area contributed by atoms with Gasteiger partial charge in [-0.15, -0.1) is 11.3 Å². The molecule has 0 atom stereocenters. The molecule has 0 bridgehead atoms. The summed E-state index contributed by atoms with van der Waals surface area (Å²) >= 11 is 7.11. The fourth-order valence-corrected chi connectivity index (χ4v) is 2.66. The van der Waals surface area contributed by atoms with E-state index in [2.05, 4.69) is 10.3 Å². The first-order valence-corrected chi connectivity index (χ1v) is 6.99. The summed E-state index contributed by atoms with van der Waals surface area (Å²) in [4.78, 5) is 16.2. The average Bonchev–Trinajstić information content (AvgIpc) is 2.89. The molecule has 1 aromatic heterocycles. The van der Waals surface area contributed by atoms with Gasteiger partial charge in [-0.3, -0.25) is 4.79 Å². The Morgan fingerprint density at radius 3 is 2.90 bits per heavy atom. The standard InChI is InChI=1S/C14H8ClFN2OS/c15-9-2-4-11(10(16)6-9)18-14(19)8-1-3-12-13(5-8)20-7-17-12/h1-7H,(H,18,19). The van der Waals surface area contributed by atoms with Gasteiger partial charge in [0.2, 0.25) is 0 Å². The van der Waals surface area contributed by atoms with Crippen LogP contribution in [0.15, 0.2) is 41.9 Å². The zero-order chi connectivity index (χ0) is 14.1. The maximum absolute atomic E-state index is 13.6. The van der Waals surface area contributed by atoms with Crippen molar-refractivity contribution in [3.8, 4) is 0 Å². The summed E-state index contributed by atoms with van der Waals surface area (Å²) in [5, 5.41) is 2.81. The fourth-order valence-electron chi connectivity index (χ4n) is 1.78. The van der Waals surface area contributed by atoms with Gasteiger partial charge in [0.25, 0.3) is 5.91 Å². The van der Waals surface area contributed by atoms with E-state index in [1.54, 1.807) is 23.7 Å². The van der Waals surface area contributed by atoms with Crippen LogP contribution in [0, 0.1) is 5.82 Å². The van der Waals surface area contributed by atoms with E-state index in [0.29, 0.717) is 5.56 Å². The molecular weight excluding hydrogens is 299 g/mol. The number of carbonyl (C=O) groups excluding carboxylic acids is 1. The summed E-state index contributed by atoms with van der Waals surface area (Å²) in [6, 6.07) is 9.26. The van der Waals surface area contributed by atoms with Crippen LogP contribution in [0.1, 0.15) is 10.4 Å². The Kier molecular flexibility index (Phi) is 3.38. The number of aromatic nitrogens is 1. The second-order valence-electron chi connectivity index (χ2n) is 4.11. The molecule has 0 aliphatic heterocycles. The lowest BCUT2D eigenvalue weighted by Crippen LogP contribution is -2.12. The number of benzene rings is 2. The zero-order valence-electron chi connectivity index (χ0n) is 10.1. The fraction of sp³-hybridized carbons (Fsp3) is 0. The van der Waals surface area contributed by atoms with Crippen LogP contribution in [-0.2, 0) is 0 Å². The van der Waals surface area contributed by atoms with Crippen molar-refractivity contribution in [1.82, 2.24) is 4.98 Å². The summed E-state index contributed by atoms with van der Waals surface area (Å²) < 4.78 is 14.5. The molecule has 0 aliphatic carbocycles. The predicted octanol–water partition coefficient (Wildman–Crippen LogP) is 4.34. The average molecular weight is 307 g/mol. The first-order valence-electron chi connectivity index (χ1n) is 5.73. The number of rotatable bonds is 2. The number of fused-ring (bicyclic) bond motifs is 1. The third-order valence-electron chi connectivity index (χ3n) is 2.77. The monoisotopic (exact) mass is 306 g/mol. The molecule has 2 aromatic carbocycles. The maximum atomic E-state index is 13.6. The van der Waals surface area contributed by atoms with Gasteiger partial charge in [-0.1, -0.05) is 11.6 Å². The first-order chi connectivity index (χ1) is 9.63. The Labute approximate surface area is 123 Å². The van der Waals surface area contributed by atoms with Crippen molar-refractivity contribution in [2.24, 2.45) is 0 Å². The lowest BCUT2D eigenvalue weighted by molar-refractivity contribution is 0.102. The molecule has 100 valence electrons. The highest BCUT2D eigenvalue weighted by Gasteiger charge is 2.10. The SMILES string of the molecule is O=C(Nc1ccc(Cl)cc1F)c1ccc2ncsc2c1. The van der Waals surface area contributed by atoms with E-state index in [1.165, 1.54) is 23.5 Å². The van der Waals surface area contributed by atoms with Gasteiger partial charge in [0, 0.05) is 10.6 Å². The van der Waals surface area contributed by atoms with Gasteiger partial charge < -0.3 is 5.32 Å². The number of halogens is 2. The van der Waals surface area contributed by atoms with Crippen molar-refractivity contribution >= 4 is 44.7 Å². The minimum absolute atomic E-state index is 0.101. The Bertz CT molecular complexity index is 803. The number of nitrogens with one attached hydrogen (secondary N) is 1. The molecular formula is C14H8ClFN2OS. The van der Waals surface area contributed by atoms with Crippen molar-refractivity contribution in [2.75, 3.05) is 5.32 Å². The number of hydrogen-bond donors (Lipinski definition) is 1. The molecule has 0 saturated heterocycles. The number of hydrogen-bond acceptors (Lipinski definition) is 3. The smallest absolute Gasteiger partial charge is 0.255 e. The number of carbonyl (C=O) groups is 1. The molecule has 3 rings (SSSR count). The van der Waals surface area contributed by atoms with Crippen LogP contribution in [0.5, 0.6) is 0 Å². The van der Waals surface area contributed by atoms with Gasteiger partial charge in [-0.25, -0.2) is 9.37 Å². The molecule has 0 aliphatic rings. The second-order valence-corrected chi connectivity index (χ2v) is 5.44.